The normalized spacial score (nSPS) is 14.4. The largest absolute Gasteiger partial charge is 0.756 e. The van der Waals surface area contributed by atoms with Crippen molar-refractivity contribution in [1.82, 2.24) is 0 Å². The predicted octanol–water partition coefficient (Wildman–Crippen LogP) is 11.0. The molecule has 0 aromatic carbocycles. The van der Waals surface area contributed by atoms with Crippen LogP contribution in [0, 0.1) is 0 Å². The maximum atomic E-state index is 12.6. The number of hydrogen-bond donors (Lipinski definition) is 0. The lowest BCUT2D eigenvalue weighted by Crippen LogP contribution is -2.37. The van der Waals surface area contributed by atoms with E-state index in [-0.39, 0.29) is 32.2 Å². The molecule has 0 fully saturated rings. The quantitative estimate of drug-likeness (QED) is 0.0206. The summed E-state index contributed by atoms with van der Waals surface area (Å²) in [6, 6.07) is 0. The second-order valence-electron chi connectivity index (χ2n) is 14.6. The van der Waals surface area contributed by atoms with Crippen molar-refractivity contribution in [2.75, 3.05) is 54.1 Å². The Kier molecular flexibility index (Phi) is 34.4. The van der Waals surface area contributed by atoms with Gasteiger partial charge in [0.2, 0.25) is 0 Å². The summed E-state index contributed by atoms with van der Waals surface area (Å²) in [4.78, 5) is 25.0. The SMILES string of the molecule is CC/C=C\C/C=C\C/C=C\C/C=C\CCCCC(=O)OC(COCCCCCCCCCCCCCCCC)COP(=O)([O-])OCC[N+](C)(C)C. The minimum Gasteiger partial charge on any atom is -0.756 e. The van der Waals surface area contributed by atoms with Gasteiger partial charge in [-0.15, -0.1) is 0 Å². The first-order chi connectivity index (χ1) is 24.6. The second kappa shape index (κ2) is 35.5. The molecule has 0 radical (unpaired) electrons. The predicted molar refractivity (Wildman–Crippen MR) is 213 cm³/mol. The van der Waals surface area contributed by atoms with E-state index < -0.39 is 13.9 Å². The van der Waals surface area contributed by atoms with Gasteiger partial charge in [-0.3, -0.25) is 9.36 Å². The first-order valence-corrected chi connectivity index (χ1v) is 21.8. The fourth-order valence-corrected chi connectivity index (χ4v) is 5.97. The number of phosphoric ester groups is 1. The van der Waals surface area contributed by atoms with Crippen LogP contribution in [-0.2, 0) is 27.9 Å². The molecule has 0 heterocycles. The highest BCUT2D eigenvalue weighted by molar-refractivity contribution is 7.45. The van der Waals surface area contributed by atoms with E-state index in [2.05, 4.69) is 62.5 Å². The lowest BCUT2D eigenvalue weighted by atomic mass is 10.0. The monoisotopic (exact) mass is 740 g/mol. The third kappa shape index (κ3) is 39.5. The van der Waals surface area contributed by atoms with Crippen molar-refractivity contribution >= 4 is 13.8 Å². The van der Waals surface area contributed by atoms with Gasteiger partial charge in [-0.2, -0.15) is 0 Å². The first-order valence-electron chi connectivity index (χ1n) is 20.4. The average molecular weight is 740 g/mol. The van der Waals surface area contributed by atoms with Crippen molar-refractivity contribution in [1.29, 1.82) is 0 Å². The molecule has 2 unspecified atom stereocenters. The molecule has 0 saturated heterocycles. The van der Waals surface area contributed by atoms with Gasteiger partial charge >= 0.3 is 5.97 Å². The van der Waals surface area contributed by atoms with Crippen LogP contribution in [0.3, 0.4) is 0 Å². The minimum atomic E-state index is -4.53. The number of allylic oxidation sites excluding steroid dienone is 8. The van der Waals surface area contributed by atoms with Crippen molar-refractivity contribution in [3.05, 3.63) is 48.6 Å². The van der Waals surface area contributed by atoms with Gasteiger partial charge < -0.3 is 27.9 Å². The number of esters is 1. The van der Waals surface area contributed by atoms with Gasteiger partial charge in [0, 0.05) is 13.0 Å². The van der Waals surface area contributed by atoms with Gasteiger partial charge in [-0.05, 0) is 51.4 Å². The Morgan fingerprint density at radius 3 is 1.67 bits per heavy atom. The number of hydrogen-bond acceptors (Lipinski definition) is 7. The Bertz CT molecular complexity index is 957. The highest BCUT2D eigenvalue weighted by atomic mass is 31.2. The van der Waals surface area contributed by atoms with Gasteiger partial charge in [0.15, 0.2) is 0 Å². The number of likely N-dealkylation sites (N-methyl/N-ethyl adjacent to an activating group) is 1. The zero-order valence-corrected chi connectivity index (χ0v) is 34.4. The van der Waals surface area contributed by atoms with E-state index in [1.54, 1.807) is 0 Å². The van der Waals surface area contributed by atoms with Gasteiger partial charge in [0.25, 0.3) is 7.82 Å². The Labute approximate surface area is 314 Å². The van der Waals surface area contributed by atoms with Gasteiger partial charge in [0.1, 0.15) is 19.3 Å². The fraction of sp³-hybridized carbons (Fsp3) is 0.786. The van der Waals surface area contributed by atoms with Crippen molar-refractivity contribution in [3.63, 3.8) is 0 Å². The Morgan fingerprint density at radius 2 is 1.14 bits per heavy atom. The van der Waals surface area contributed by atoms with E-state index in [0.717, 1.165) is 51.4 Å². The third-order valence-corrected chi connectivity index (χ3v) is 9.36. The van der Waals surface area contributed by atoms with Gasteiger partial charge in [0.05, 0.1) is 34.4 Å². The molecule has 298 valence electrons. The maximum absolute atomic E-state index is 12.6. The molecule has 9 heteroatoms. The molecule has 0 rings (SSSR count). The van der Waals surface area contributed by atoms with Crippen molar-refractivity contribution < 1.29 is 37.3 Å². The third-order valence-electron chi connectivity index (χ3n) is 8.39. The van der Waals surface area contributed by atoms with Crippen LogP contribution in [0.4, 0.5) is 0 Å². The zero-order valence-electron chi connectivity index (χ0n) is 33.5. The Morgan fingerprint density at radius 1 is 0.627 bits per heavy atom. The number of quaternary nitrogens is 1. The standard InChI is InChI=1S/C42H78NO7P/c1-6-8-10-12-14-16-18-20-22-23-25-27-29-31-33-35-42(44)50-41(40-49-51(45,46)48-38-36-43(3,4)5)39-47-37-34-32-30-28-26-24-21-19-17-15-13-11-9-7-2/h8,10,14,16,20,22,25,27,41H,6-7,9,11-13,15,17-19,21,23-24,26,28-40H2,1-5H3/b10-8-,16-14-,22-20-,27-25-. The molecule has 8 nitrogen and oxygen atoms in total. The molecule has 0 saturated carbocycles. The van der Waals surface area contributed by atoms with E-state index in [4.69, 9.17) is 18.5 Å². The summed E-state index contributed by atoms with van der Waals surface area (Å²) in [5.41, 5.74) is 0. The molecule has 0 amide bonds. The Balaban J connectivity index is 4.35. The van der Waals surface area contributed by atoms with E-state index in [1.807, 2.05) is 21.1 Å². The van der Waals surface area contributed by atoms with Crippen molar-refractivity contribution in [3.8, 4) is 0 Å². The molecule has 0 aliphatic heterocycles. The first kappa shape index (κ1) is 49.5. The second-order valence-corrected chi connectivity index (χ2v) is 16.0. The van der Waals surface area contributed by atoms with Crippen LogP contribution in [0.25, 0.3) is 0 Å². The summed E-state index contributed by atoms with van der Waals surface area (Å²) >= 11 is 0. The number of phosphoric acid groups is 1. The average Bonchev–Trinajstić information content (AvgIpc) is 3.08. The topological polar surface area (TPSA) is 94.1 Å². The lowest BCUT2D eigenvalue weighted by Gasteiger charge is -2.28. The summed E-state index contributed by atoms with van der Waals surface area (Å²) in [5.74, 6) is -0.375. The Hall–Kier alpha value is -1.54. The molecule has 0 aromatic heterocycles. The van der Waals surface area contributed by atoms with Crippen LogP contribution in [-0.4, -0.2) is 70.7 Å². The molecule has 0 aliphatic rings. The van der Waals surface area contributed by atoms with Crippen LogP contribution in [0.15, 0.2) is 48.6 Å². The molecule has 0 aromatic rings. The van der Waals surface area contributed by atoms with Crippen molar-refractivity contribution in [2.45, 2.75) is 161 Å². The van der Waals surface area contributed by atoms with Crippen LogP contribution in [0.2, 0.25) is 0 Å². The van der Waals surface area contributed by atoms with E-state index in [1.165, 1.54) is 77.0 Å². The summed E-state index contributed by atoms with van der Waals surface area (Å²) < 4.78 is 34.5. The number of unbranched alkanes of at least 4 members (excludes halogenated alkanes) is 15. The zero-order chi connectivity index (χ0) is 37.7. The summed E-state index contributed by atoms with van der Waals surface area (Å²) in [6.07, 6.45) is 41.2. The van der Waals surface area contributed by atoms with Crippen molar-refractivity contribution in [2.24, 2.45) is 0 Å². The van der Waals surface area contributed by atoms with Crippen LogP contribution < -0.4 is 4.89 Å². The number of nitrogens with zero attached hydrogens (tertiary/aromatic N) is 1. The van der Waals surface area contributed by atoms with Gasteiger partial charge in [-0.1, -0.05) is 146 Å². The summed E-state index contributed by atoms with van der Waals surface area (Å²) in [5, 5.41) is 0. The molecule has 0 spiro atoms. The minimum absolute atomic E-state index is 0.0175. The maximum Gasteiger partial charge on any atom is 0.306 e. The van der Waals surface area contributed by atoms with Crippen LogP contribution in [0.5, 0.6) is 0 Å². The molecule has 0 aliphatic carbocycles. The lowest BCUT2D eigenvalue weighted by molar-refractivity contribution is -0.870. The highest BCUT2D eigenvalue weighted by Crippen LogP contribution is 2.38. The molecular weight excluding hydrogens is 661 g/mol. The number of carbonyl (C=O) groups excluding carboxylic acids is 1. The molecular formula is C42H78NO7P. The molecule has 2 atom stereocenters. The molecule has 51 heavy (non-hydrogen) atoms. The van der Waals surface area contributed by atoms with E-state index in [0.29, 0.717) is 24.1 Å². The highest BCUT2D eigenvalue weighted by Gasteiger charge is 2.20. The van der Waals surface area contributed by atoms with Crippen LogP contribution in [0.1, 0.15) is 155 Å². The smallest absolute Gasteiger partial charge is 0.306 e. The molecule has 0 bridgehead atoms. The number of rotatable bonds is 37. The number of ether oxygens (including phenoxy) is 2. The summed E-state index contributed by atoms with van der Waals surface area (Å²) in [6.45, 7) is 5.24. The summed E-state index contributed by atoms with van der Waals surface area (Å²) in [7, 11) is 1.33. The fourth-order valence-electron chi connectivity index (χ4n) is 5.24. The number of carbonyl (C=O) groups is 1. The van der Waals surface area contributed by atoms with Gasteiger partial charge in [-0.25, -0.2) is 0 Å². The van der Waals surface area contributed by atoms with E-state index in [9.17, 15) is 14.3 Å². The van der Waals surface area contributed by atoms with Crippen LogP contribution >= 0.6 is 7.82 Å². The van der Waals surface area contributed by atoms with E-state index >= 15 is 0 Å². The molecule has 0 N–H and O–H groups in total.